The maximum absolute atomic E-state index is 11.5. The maximum Gasteiger partial charge on any atom is 0.335 e. The van der Waals surface area contributed by atoms with Crippen molar-refractivity contribution in [1.29, 1.82) is 0 Å². The summed E-state index contributed by atoms with van der Waals surface area (Å²) in [5.74, 6) is 0.578. The van der Waals surface area contributed by atoms with Crippen LogP contribution in [0.2, 0.25) is 0 Å². The quantitative estimate of drug-likeness (QED) is 0.660. The molecule has 0 aliphatic heterocycles. The van der Waals surface area contributed by atoms with Gasteiger partial charge in [0, 0.05) is 6.61 Å². The Morgan fingerprint density at radius 3 is 2.47 bits per heavy atom. The molecule has 1 saturated carbocycles. The largest absolute Gasteiger partial charge is 0.458 e. The summed E-state index contributed by atoms with van der Waals surface area (Å²) in [5.41, 5.74) is -0.425. The molecule has 0 radical (unpaired) electrons. The van der Waals surface area contributed by atoms with Crippen molar-refractivity contribution in [3.63, 3.8) is 0 Å². The Bertz CT molecular complexity index is 213. The number of carbonyl (C=O) groups excluding carboxylic acids is 1. The van der Waals surface area contributed by atoms with Gasteiger partial charge in [0.25, 0.3) is 0 Å². The lowest BCUT2D eigenvalue weighted by Gasteiger charge is -2.22. The molecule has 1 aliphatic rings. The minimum atomic E-state index is -0.442. The van der Waals surface area contributed by atoms with Gasteiger partial charge in [-0.25, -0.2) is 4.79 Å². The van der Waals surface area contributed by atoms with Gasteiger partial charge in [-0.15, -0.1) is 0 Å². The van der Waals surface area contributed by atoms with Crippen LogP contribution < -0.4 is 0 Å². The van der Waals surface area contributed by atoms with Gasteiger partial charge in [-0.3, -0.25) is 0 Å². The highest BCUT2D eigenvalue weighted by atomic mass is 16.6. The molecule has 0 N–H and O–H groups in total. The SMILES string of the molecule is CC(OCCC1CC1)C(=O)OC(C)(C)C. The summed E-state index contributed by atoms with van der Waals surface area (Å²) in [7, 11) is 0. The monoisotopic (exact) mass is 214 g/mol. The van der Waals surface area contributed by atoms with Gasteiger partial charge in [0.2, 0.25) is 0 Å². The summed E-state index contributed by atoms with van der Waals surface area (Å²) < 4.78 is 10.6. The first-order valence-electron chi connectivity index (χ1n) is 5.73. The highest BCUT2D eigenvalue weighted by Gasteiger charge is 2.24. The molecule has 1 fully saturated rings. The molecule has 0 amide bonds. The Balaban J connectivity index is 2.13. The molecule has 0 saturated heterocycles. The van der Waals surface area contributed by atoms with E-state index < -0.39 is 11.7 Å². The van der Waals surface area contributed by atoms with Crippen molar-refractivity contribution in [1.82, 2.24) is 0 Å². The summed E-state index contributed by atoms with van der Waals surface area (Å²) in [6.45, 7) is 8.01. The Morgan fingerprint density at radius 1 is 1.40 bits per heavy atom. The number of hydrogen-bond acceptors (Lipinski definition) is 3. The Morgan fingerprint density at radius 2 is 2.00 bits per heavy atom. The molecular formula is C12H22O3. The molecule has 0 heterocycles. The minimum Gasteiger partial charge on any atom is -0.458 e. The molecular weight excluding hydrogens is 192 g/mol. The van der Waals surface area contributed by atoms with Crippen LogP contribution in [-0.4, -0.2) is 24.3 Å². The molecule has 1 rings (SSSR count). The highest BCUT2D eigenvalue weighted by Crippen LogP contribution is 2.32. The first kappa shape index (κ1) is 12.5. The van der Waals surface area contributed by atoms with Crippen LogP contribution in [0.3, 0.4) is 0 Å². The van der Waals surface area contributed by atoms with E-state index in [4.69, 9.17) is 9.47 Å². The van der Waals surface area contributed by atoms with Crippen LogP contribution in [0.15, 0.2) is 0 Å². The van der Waals surface area contributed by atoms with Gasteiger partial charge >= 0.3 is 5.97 Å². The third-order valence-corrected chi connectivity index (χ3v) is 2.33. The zero-order chi connectivity index (χ0) is 11.5. The van der Waals surface area contributed by atoms with Crippen molar-refractivity contribution < 1.29 is 14.3 Å². The number of hydrogen-bond donors (Lipinski definition) is 0. The van der Waals surface area contributed by atoms with Gasteiger partial charge in [-0.1, -0.05) is 12.8 Å². The van der Waals surface area contributed by atoms with Crippen LogP contribution in [0.1, 0.15) is 47.0 Å². The first-order valence-corrected chi connectivity index (χ1v) is 5.73. The minimum absolute atomic E-state index is 0.265. The molecule has 0 aromatic heterocycles. The summed E-state index contributed by atoms with van der Waals surface area (Å²) in [5, 5.41) is 0. The van der Waals surface area contributed by atoms with E-state index in [1.165, 1.54) is 12.8 Å². The highest BCUT2D eigenvalue weighted by molar-refractivity contribution is 5.74. The van der Waals surface area contributed by atoms with Gasteiger partial charge < -0.3 is 9.47 Å². The molecule has 0 spiro atoms. The van der Waals surface area contributed by atoms with E-state index in [-0.39, 0.29) is 5.97 Å². The van der Waals surface area contributed by atoms with E-state index in [1.807, 2.05) is 20.8 Å². The normalized spacial score (nSPS) is 18.7. The second-order valence-corrected chi connectivity index (χ2v) is 5.28. The predicted molar refractivity (Wildman–Crippen MR) is 58.6 cm³/mol. The van der Waals surface area contributed by atoms with E-state index >= 15 is 0 Å². The van der Waals surface area contributed by atoms with Crippen LogP contribution in [0, 0.1) is 5.92 Å². The molecule has 15 heavy (non-hydrogen) atoms. The van der Waals surface area contributed by atoms with Crippen molar-refractivity contribution in [2.24, 2.45) is 5.92 Å². The molecule has 3 heteroatoms. The third kappa shape index (κ3) is 5.78. The smallest absolute Gasteiger partial charge is 0.335 e. The van der Waals surface area contributed by atoms with Crippen molar-refractivity contribution in [2.75, 3.05) is 6.61 Å². The molecule has 0 aromatic rings. The lowest BCUT2D eigenvalue weighted by molar-refractivity contribution is -0.167. The number of carbonyl (C=O) groups is 1. The molecule has 1 aliphatic carbocycles. The van der Waals surface area contributed by atoms with E-state index in [0.29, 0.717) is 6.61 Å². The zero-order valence-electron chi connectivity index (χ0n) is 10.2. The third-order valence-electron chi connectivity index (χ3n) is 2.33. The lowest BCUT2D eigenvalue weighted by Crippen LogP contribution is -2.32. The Kier molecular flexibility index (Phi) is 4.14. The van der Waals surface area contributed by atoms with Gasteiger partial charge in [0.15, 0.2) is 6.10 Å². The molecule has 3 nitrogen and oxygen atoms in total. The van der Waals surface area contributed by atoms with Crippen LogP contribution in [-0.2, 0) is 14.3 Å². The maximum atomic E-state index is 11.5. The van der Waals surface area contributed by atoms with Gasteiger partial charge in [0.05, 0.1) is 0 Å². The first-order chi connectivity index (χ1) is 6.88. The lowest BCUT2D eigenvalue weighted by atomic mass is 10.2. The van der Waals surface area contributed by atoms with Crippen LogP contribution in [0.5, 0.6) is 0 Å². The number of ether oxygens (including phenoxy) is 2. The number of esters is 1. The standard InChI is InChI=1S/C12H22O3/c1-9(11(13)15-12(2,3)4)14-8-7-10-5-6-10/h9-10H,5-8H2,1-4H3. The van der Waals surface area contributed by atoms with Gasteiger partial charge in [-0.2, -0.15) is 0 Å². The van der Waals surface area contributed by atoms with Crippen molar-refractivity contribution in [3.05, 3.63) is 0 Å². The van der Waals surface area contributed by atoms with Crippen LogP contribution >= 0.6 is 0 Å². The number of rotatable bonds is 5. The predicted octanol–water partition coefficient (Wildman–Crippen LogP) is 2.53. The summed E-state index contributed by atoms with van der Waals surface area (Å²) in [4.78, 5) is 11.5. The average Bonchev–Trinajstić information content (AvgIpc) is 2.84. The second kappa shape index (κ2) is 4.97. The van der Waals surface area contributed by atoms with E-state index in [0.717, 1.165) is 12.3 Å². The van der Waals surface area contributed by atoms with Crippen molar-refractivity contribution >= 4 is 5.97 Å². The topological polar surface area (TPSA) is 35.5 Å². The fraction of sp³-hybridized carbons (Fsp3) is 0.917. The Labute approximate surface area is 92.1 Å². The molecule has 0 aromatic carbocycles. The summed E-state index contributed by atoms with van der Waals surface area (Å²) in [6.07, 6.45) is 3.28. The average molecular weight is 214 g/mol. The van der Waals surface area contributed by atoms with Gasteiger partial charge in [-0.05, 0) is 40.0 Å². The molecule has 88 valence electrons. The fourth-order valence-corrected chi connectivity index (χ4v) is 1.27. The zero-order valence-corrected chi connectivity index (χ0v) is 10.2. The van der Waals surface area contributed by atoms with Crippen LogP contribution in [0.25, 0.3) is 0 Å². The summed E-state index contributed by atoms with van der Waals surface area (Å²) in [6, 6.07) is 0. The summed E-state index contributed by atoms with van der Waals surface area (Å²) >= 11 is 0. The second-order valence-electron chi connectivity index (χ2n) is 5.28. The van der Waals surface area contributed by atoms with E-state index in [9.17, 15) is 4.79 Å². The molecule has 0 bridgehead atoms. The molecule has 1 unspecified atom stereocenters. The fourth-order valence-electron chi connectivity index (χ4n) is 1.27. The van der Waals surface area contributed by atoms with Crippen molar-refractivity contribution in [3.8, 4) is 0 Å². The van der Waals surface area contributed by atoms with Crippen molar-refractivity contribution in [2.45, 2.75) is 58.7 Å². The van der Waals surface area contributed by atoms with E-state index in [2.05, 4.69) is 0 Å². The van der Waals surface area contributed by atoms with Gasteiger partial charge in [0.1, 0.15) is 5.60 Å². The Hall–Kier alpha value is -0.570. The molecule has 1 atom stereocenters. The van der Waals surface area contributed by atoms with Crippen LogP contribution in [0.4, 0.5) is 0 Å². The van der Waals surface area contributed by atoms with E-state index in [1.54, 1.807) is 6.92 Å².